The van der Waals surface area contributed by atoms with Crippen LogP contribution in [0.3, 0.4) is 0 Å². The second-order valence-corrected chi connectivity index (χ2v) is 4.41. The zero-order chi connectivity index (χ0) is 10.2. The fraction of sp³-hybridized carbons (Fsp3) is 0.818. The number of cyclic esters (lactones) is 2. The van der Waals surface area contributed by atoms with Crippen molar-refractivity contribution in [3.8, 4) is 0 Å². The van der Waals surface area contributed by atoms with E-state index in [1.807, 2.05) is 0 Å². The van der Waals surface area contributed by atoms with Crippen LogP contribution in [0, 0.1) is 11.3 Å². The summed E-state index contributed by atoms with van der Waals surface area (Å²) in [5.74, 6) is -0.666. The molecule has 78 valence electrons. The van der Waals surface area contributed by atoms with E-state index >= 15 is 0 Å². The summed E-state index contributed by atoms with van der Waals surface area (Å²) in [6.45, 7) is 2.05. The lowest BCUT2D eigenvalue weighted by Crippen LogP contribution is -2.36. The zero-order valence-electron chi connectivity index (χ0n) is 8.54. The molecular weight excluding hydrogens is 180 g/mol. The van der Waals surface area contributed by atoms with E-state index in [0.29, 0.717) is 0 Å². The fourth-order valence-corrected chi connectivity index (χ4v) is 2.94. The minimum absolute atomic E-state index is 0.135. The Morgan fingerprint density at radius 1 is 1.43 bits per heavy atom. The number of fused-ring (bicyclic) bond motifs is 1. The third-order valence-corrected chi connectivity index (χ3v) is 3.61. The van der Waals surface area contributed by atoms with E-state index in [9.17, 15) is 9.59 Å². The summed E-state index contributed by atoms with van der Waals surface area (Å²) in [7, 11) is 0. The lowest BCUT2D eigenvalue weighted by Gasteiger charge is -2.33. The van der Waals surface area contributed by atoms with Crippen LogP contribution in [0.15, 0.2) is 0 Å². The molecule has 0 aromatic rings. The van der Waals surface area contributed by atoms with E-state index in [0.717, 1.165) is 38.5 Å². The van der Waals surface area contributed by atoms with Gasteiger partial charge in [0.15, 0.2) is 0 Å². The summed E-state index contributed by atoms with van der Waals surface area (Å²) in [4.78, 5) is 23.1. The quantitative estimate of drug-likeness (QED) is 0.501. The van der Waals surface area contributed by atoms with Crippen molar-refractivity contribution in [3.05, 3.63) is 0 Å². The van der Waals surface area contributed by atoms with Gasteiger partial charge in [-0.25, -0.2) is 0 Å². The maximum atomic E-state index is 11.7. The molecule has 2 rings (SSSR count). The molecule has 2 aliphatic rings. The summed E-state index contributed by atoms with van der Waals surface area (Å²) >= 11 is 0. The molecule has 0 bridgehead atoms. The lowest BCUT2D eigenvalue weighted by atomic mass is 9.65. The molecule has 0 aromatic carbocycles. The van der Waals surface area contributed by atoms with E-state index in [1.54, 1.807) is 0 Å². The average Bonchev–Trinajstić information content (AvgIpc) is 2.41. The molecule has 1 heterocycles. The number of carbonyl (C=O) groups excluding carboxylic acids is 2. The number of ether oxygens (including phenoxy) is 1. The molecule has 1 aliphatic carbocycles. The highest BCUT2D eigenvalue weighted by atomic mass is 16.6. The van der Waals surface area contributed by atoms with Crippen molar-refractivity contribution in [1.82, 2.24) is 0 Å². The molecular formula is C11H16O3. The van der Waals surface area contributed by atoms with Gasteiger partial charge in [0.1, 0.15) is 0 Å². The van der Waals surface area contributed by atoms with Gasteiger partial charge in [0.05, 0.1) is 11.3 Å². The highest BCUT2D eigenvalue weighted by Crippen LogP contribution is 2.50. The largest absolute Gasteiger partial charge is 0.392 e. The highest BCUT2D eigenvalue weighted by molar-refractivity contribution is 5.99. The van der Waals surface area contributed by atoms with Crippen molar-refractivity contribution in [2.75, 3.05) is 0 Å². The molecule has 0 amide bonds. The minimum atomic E-state index is -0.440. The summed E-state index contributed by atoms with van der Waals surface area (Å²) in [5, 5.41) is 0. The number of hydrogen-bond acceptors (Lipinski definition) is 3. The van der Waals surface area contributed by atoms with Crippen LogP contribution in [-0.2, 0) is 14.3 Å². The second kappa shape index (κ2) is 3.37. The molecule has 0 aromatic heterocycles. The Kier molecular flexibility index (Phi) is 2.33. The molecule has 14 heavy (non-hydrogen) atoms. The number of hydrogen-bond donors (Lipinski definition) is 0. The van der Waals surface area contributed by atoms with E-state index in [4.69, 9.17) is 4.74 Å². The predicted octanol–water partition coefficient (Wildman–Crippen LogP) is 2.05. The molecule has 0 N–H and O–H groups in total. The smallest absolute Gasteiger partial charge is 0.320 e. The van der Waals surface area contributed by atoms with Gasteiger partial charge < -0.3 is 4.74 Å². The molecule has 1 aliphatic heterocycles. The van der Waals surface area contributed by atoms with Crippen molar-refractivity contribution in [3.63, 3.8) is 0 Å². The Labute approximate surface area is 83.8 Å². The normalized spacial score (nSPS) is 36.8. The first-order valence-corrected chi connectivity index (χ1v) is 5.47. The van der Waals surface area contributed by atoms with Crippen LogP contribution in [-0.4, -0.2) is 11.9 Å². The van der Waals surface area contributed by atoms with Crippen LogP contribution < -0.4 is 0 Å². The Morgan fingerprint density at radius 3 is 2.93 bits per heavy atom. The van der Waals surface area contributed by atoms with Gasteiger partial charge in [-0.3, -0.25) is 9.59 Å². The first-order valence-electron chi connectivity index (χ1n) is 5.47. The maximum Gasteiger partial charge on any atom is 0.320 e. The van der Waals surface area contributed by atoms with E-state index in [1.165, 1.54) is 0 Å². The van der Waals surface area contributed by atoms with Gasteiger partial charge in [-0.1, -0.05) is 26.2 Å². The topological polar surface area (TPSA) is 43.4 Å². The Hall–Kier alpha value is -0.860. The molecule has 1 saturated heterocycles. The van der Waals surface area contributed by atoms with Gasteiger partial charge in [0.25, 0.3) is 0 Å². The van der Waals surface area contributed by atoms with Gasteiger partial charge in [-0.15, -0.1) is 0 Å². The maximum absolute atomic E-state index is 11.7. The van der Waals surface area contributed by atoms with Crippen LogP contribution in [0.1, 0.15) is 45.4 Å². The van der Waals surface area contributed by atoms with Gasteiger partial charge in [0.2, 0.25) is 0 Å². The van der Waals surface area contributed by atoms with Crippen molar-refractivity contribution >= 4 is 11.9 Å². The summed E-state index contributed by atoms with van der Waals surface area (Å²) in [6, 6.07) is 0. The Morgan fingerprint density at radius 2 is 2.21 bits per heavy atom. The minimum Gasteiger partial charge on any atom is -0.392 e. The van der Waals surface area contributed by atoms with Gasteiger partial charge in [-0.05, 0) is 19.3 Å². The molecule has 2 fully saturated rings. The molecule has 3 heteroatoms. The van der Waals surface area contributed by atoms with Crippen LogP contribution in [0.2, 0.25) is 0 Å². The van der Waals surface area contributed by atoms with Crippen LogP contribution >= 0.6 is 0 Å². The van der Waals surface area contributed by atoms with Crippen molar-refractivity contribution in [1.29, 1.82) is 0 Å². The first-order chi connectivity index (χ1) is 6.70. The number of carbonyl (C=O) groups is 2. The van der Waals surface area contributed by atoms with Crippen LogP contribution in [0.25, 0.3) is 0 Å². The fourth-order valence-electron chi connectivity index (χ4n) is 2.94. The van der Waals surface area contributed by atoms with Gasteiger partial charge in [0, 0.05) is 0 Å². The van der Waals surface area contributed by atoms with Crippen molar-refractivity contribution in [2.45, 2.75) is 45.4 Å². The summed E-state index contributed by atoms with van der Waals surface area (Å²) < 4.78 is 4.79. The van der Waals surface area contributed by atoms with E-state index < -0.39 is 5.41 Å². The second-order valence-electron chi connectivity index (χ2n) is 4.41. The molecule has 2 unspecified atom stereocenters. The van der Waals surface area contributed by atoms with Crippen LogP contribution in [0.5, 0.6) is 0 Å². The van der Waals surface area contributed by atoms with Crippen LogP contribution in [0.4, 0.5) is 0 Å². The third-order valence-electron chi connectivity index (χ3n) is 3.61. The molecule has 3 nitrogen and oxygen atoms in total. The first kappa shape index (κ1) is 9.69. The predicted molar refractivity (Wildman–Crippen MR) is 50.4 cm³/mol. The molecule has 0 radical (unpaired) electrons. The molecule has 1 saturated carbocycles. The Bertz CT molecular complexity index is 268. The SMILES string of the molecule is CCCC12CCCCC1C(=O)OC2=O. The number of esters is 2. The van der Waals surface area contributed by atoms with Gasteiger partial charge in [-0.2, -0.15) is 0 Å². The third kappa shape index (κ3) is 1.18. The number of rotatable bonds is 2. The highest BCUT2D eigenvalue weighted by Gasteiger charge is 2.57. The lowest BCUT2D eigenvalue weighted by molar-refractivity contribution is -0.155. The van der Waals surface area contributed by atoms with Gasteiger partial charge >= 0.3 is 11.9 Å². The average molecular weight is 196 g/mol. The summed E-state index contributed by atoms with van der Waals surface area (Å²) in [5.41, 5.74) is -0.440. The zero-order valence-corrected chi connectivity index (χ0v) is 8.54. The van der Waals surface area contributed by atoms with Crippen molar-refractivity contribution < 1.29 is 14.3 Å². The molecule has 0 spiro atoms. The van der Waals surface area contributed by atoms with Crippen molar-refractivity contribution in [2.24, 2.45) is 11.3 Å². The summed E-state index contributed by atoms with van der Waals surface area (Å²) in [6.07, 6.45) is 5.54. The standard InChI is InChI=1S/C11H16O3/c1-2-6-11-7-4-3-5-8(11)9(12)14-10(11)13/h8H,2-7H2,1H3. The van der Waals surface area contributed by atoms with E-state index in [2.05, 4.69) is 6.92 Å². The van der Waals surface area contributed by atoms with E-state index in [-0.39, 0.29) is 17.9 Å². The monoisotopic (exact) mass is 196 g/mol. The molecule has 2 atom stereocenters. The Balaban J connectivity index is 2.30.